The van der Waals surface area contributed by atoms with Gasteiger partial charge in [-0.15, -0.1) is 0 Å². The van der Waals surface area contributed by atoms with E-state index in [2.05, 4.69) is 10.6 Å². The van der Waals surface area contributed by atoms with E-state index in [1.165, 1.54) is 19.2 Å². The van der Waals surface area contributed by atoms with E-state index in [9.17, 15) is 18.0 Å². The Balaban J connectivity index is 1.49. The fourth-order valence-electron chi connectivity index (χ4n) is 3.28. The van der Waals surface area contributed by atoms with Crippen LogP contribution in [0.4, 0.5) is 0 Å². The van der Waals surface area contributed by atoms with Gasteiger partial charge >= 0.3 is 11.8 Å². The summed E-state index contributed by atoms with van der Waals surface area (Å²) in [5, 5.41) is 4.99. The number of sulfonamides is 1. The second-order valence-electron chi connectivity index (χ2n) is 7.18. The van der Waals surface area contributed by atoms with Crippen LogP contribution in [0.2, 0.25) is 0 Å². The predicted molar refractivity (Wildman–Crippen MR) is 119 cm³/mol. The number of nitrogens with one attached hydrogen (secondary N) is 2. The first kappa shape index (κ1) is 24.5. The molecule has 1 aliphatic rings. The Kier molecular flexibility index (Phi) is 8.26. The molecule has 1 atom stereocenters. The van der Waals surface area contributed by atoms with Crippen LogP contribution >= 0.6 is 0 Å². The van der Waals surface area contributed by atoms with Gasteiger partial charge in [-0.25, -0.2) is 8.42 Å². The summed E-state index contributed by atoms with van der Waals surface area (Å²) >= 11 is 0. The molecule has 33 heavy (non-hydrogen) atoms. The van der Waals surface area contributed by atoms with Gasteiger partial charge in [0, 0.05) is 13.1 Å². The van der Waals surface area contributed by atoms with Crippen molar-refractivity contribution >= 4 is 21.8 Å². The lowest BCUT2D eigenvalue weighted by Gasteiger charge is -2.23. The number of rotatable bonds is 9. The molecule has 0 spiro atoms. The number of methoxy groups -OCH3 is 2. The van der Waals surface area contributed by atoms with E-state index in [0.717, 1.165) is 15.6 Å². The lowest BCUT2D eigenvalue weighted by Crippen LogP contribution is -2.47. The topological polar surface area (TPSA) is 123 Å². The highest BCUT2D eigenvalue weighted by molar-refractivity contribution is 7.89. The van der Waals surface area contributed by atoms with Crippen molar-refractivity contribution in [3.63, 3.8) is 0 Å². The standard InChI is InChI=1S/C22H27N3O7S/c1-30-17-5-3-16(4-6-17)11-12-23-21(26)22(27)24-15-20-25(13-14-32-20)33(28,29)19-9-7-18(31-2)8-10-19/h3-10,20H,11-15H2,1-2H3,(H,23,26)(H,24,27)/t20-/m0/s1. The van der Waals surface area contributed by atoms with Crippen LogP contribution in [0.3, 0.4) is 0 Å². The molecule has 1 heterocycles. The summed E-state index contributed by atoms with van der Waals surface area (Å²) in [4.78, 5) is 24.3. The molecule has 10 nitrogen and oxygen atoms in total. The van der Waals surface area contributed by atoms with Crippen molar-refractivity contribution in [3.8, 4) is 11.5 Å². The van der Waals surface area contributed by atoms with Crippen molar-refractivity contribution in [1.82, 2.24) is 14.9 Å². The van der Waals surface area contributed by atoms with Gasteiger partial charge in [-0.2, -0.15) is 4.31 Å². The smallest absolute Gasteiger partial charge is 0.309 e. The van der Waals surface area contributed by atoms with Crippen molar-refractivity contribution in [3.05, 3.63) is 54.1 Å². The molecule has 0 saturated carbocycles. The molecule has 3 rings (SSSR count). The van der Waals surface area contributed by atoms with Crippen LogP contribution in [0.5, 0.6) is 11.5 Å². The monoisotopic (exact) mass is 477 g/mol. The van der Waals surface area contributed by atoms with Gasteiger partial charge in [-0.1, -0.05) is 12.1 Å². The third kappa shape index (κ3) is 6.21. The van der Waals surface area contributed by atoms with Crippen molar-refractivity contribution in [2.45, 2.75) is 17.5 Å². The molecule has 2 N–H and O–H groups in total. The number of hydrogen-bond acceptors (Lipinski definition) is 7. The Morgan fingerprint density at radius 3 is 2.15 bits per heavy atom. The minimum Gasteiger partial charge on any atom is -0.497 e. The van der Waals surface area contributed by atoms with Gasteiger partial charge in [0.25, 0.3) is 0 Å². The molecule has 2 aromatic carbocycles. The number of amides is 2. The fourth-order valence-corrected chi connectivity index (χ4v) is 4.79. The van der Waals surface area contributed by atoms with Crippen LogP contribution < -0.4 is 20.1 Å². The van der Waals surface area contributed by atoms with E-state index < -0.39 is 28.1 Å². The van der Waals surface area contributed by atoms with Crippen LogP contribution in [0.15, 0.2) is 53.4 Å². The van der Waals surface area contributed by atoms with Gasteiger partial charge < -0.3 is 24.8 Å². The Bertz CT molecular complexity index is 1060. The quantitative estimate of drug-likeness (QED) is 0.505. The number of carbonyl (C=O) groups is 2. The average Bonchev–Trinajstić information content (AvgIpc) is 3.32. The molecule has 0 aliphatic carbocycles. The Hall–Kier alpha value is -3.15. The molecule has 178 valence electrons. The zero-order valence-electron chi connectivity index (χ0n) is 18.4. The normalized spacial score (nSPS) is 16.2. The number of nitrogens with zero attached hydrogens (tertiary/aromatic N) is 1. The lowest BCUT2D eigenvalue weighted by atomic mass is 10.1. The zero-order valence-corrected chi connectivity index (χ0v) is 19.3. The Morgan fingerprint density at radius 2 is 1.55 bits per heavy atom. The summed E-state index contributed by atoms with van der Waals surface area (Å²) in [5.41, 5.74) is 0.982. The Labute approximate surface area is 192 Å². The second-order valence-corrected chi connectivity index (χ2v) is 9.07. The van der Waals surface area contributed by atoms with Gasteiger partial charge in [0.15, 0.2) is 0 Å². The summed E-state index contributed by atoms with van der Waals surface area (Å²) in [6.45, 7) is 0.448. The van der Waals surface area contributed by atoms with Crippen LogP contribution in [-0.4, -0.2) is 71.2 Å². The summed E-state index contributed by atoms with van der Waals surface area (Å²) < 4.78 is 42.7. The molecule has 0 aromatic heterocycles. The average molecular weight is 478 g/mol. The van der Waals surface area contributed by atoms with E-state index in [1.54, 1.807) is 19.2 Å². The number of ether oxygens (including phenoxy) is 3. The van der Waals surface area contributed by atoms with E-state index in [0.29, 0.717) is 12.2 Å². The van der Waals surface area contributed by atoms with Crippen molar-refractivity contribution in [2.75, 3.05) is 40.5 Å². The third-order valence-corrected chi connectivity index (χ3v) is 7.01. The largest absolute Gasteiger partial charge is 0.497 e. The van der Waals surface area contributed by atoms with Gasteiger partial charge in [-0.3, -0.25) is 9.59 Å². The van der Waals surface area contributed by atoms with Gasteiger partial charge in [0.1, 0.15) is 17.7 Å². The van der Waals surface area contributed by atoms with E-state index in [4.69, 9.17) is 14.2 Å². The van der Waals surface area contributed by atoms with E-state index in [-0.39, 0.29) is 31.1 Å². The summed E-state index contributed by atoms with van der Waals surface area (Å²) in [6.07, 6.45) is -0.365. The molecule has 0 unspecified atom stereocenters. The molecule has 1 fully saturated rings. The maximum atomic E-state index is 12.9. The van der Waals surface area contributed by atoms with Gasteiger partial charge in [0.2, 0.25) is 10.0 Å². The first-order chi connectivity index (χ1) is 15.8. The predicted octanol–water partition coefficient (Wildman–Crippen LogP) is 0.526. The van der Waals surface area contributed by atoms with Crippen molar-refractivity contribution in [1.29, 1.82) is 0 Å². The maximum absolute atomic E-state index is 12.9. The highest BCUT2D eigenvalue weighted by Gasteiger charge is 2.36. The number of hydrogen-bond donors (Lipinski definition) is 2. The van der Waals surface area contributed by atoms with Crippen LogP contribution in [0, 0.1) is 0 Å². The number of carbonyl (C=O) groups excluding carboxylic acids is 2. The highest BCUT2D eigenvalue weighted by atomic mass is 32.2. The fraction of sp³-hybridized carbons (Fsp3) is 0.364. The maximum Gasteiger partial charge on any atom is 0.309 e. The molecule has 2 amide bonds. The first-order valence-corrected chi connectivity index (χ1v) is 11.8. The highest BCUT2D eigenvalue weighted by Crippen LogP contribution is 2.24. The van der Waals surface area contributed by atoms with Gasteiger partial charge in [0.05, 0.1) is 32.3 Å². The summed E-state index contributed by atoms with van der Waals surface area (Å²) in [5.74, 6) is -0.388. The molecule has 11 heteroatoms. The molecule has 2 aromatic rings. The Morgan fingerprint density at radius 1 is 0.970 bits per heavy atom. The molecule has 1 saturated heterocycles. The lowest BCUT2D eigenvalue weighted by molar-refractivity contribution is -0.139. The molecular formula is C22H27N3O7S. The van der Waals surface area contributed by atoms with E-state index in [1.807, 2.05) is 24.3 Å². The summed E-state index contributed by atoms with van der Waals surface area (Å²) in [6, 6.07) is 13.4. The van der Waals surface area contributed by atoms with Crippen molar-refractivity contribution < 1.29 is 32.2 Å². The minimum absolute atomic E-state index is 0.0846. The summed E-state index contributed by atoms with van der Waals surface area (Å²) in [7, 11) is -0.766. The van der Waals surface area contributed by atoms with E-state index >= 15 is 0 Å². The zero-order chi connectivity index (χ0) is 23.8. The molecular weight excluding hydrogens is 450 g/mol. The first-order valence-electron chi connectivity index (χ1n) is 10.3. The third-order valence-electron chi connectivity index (χ3n) is 5.11. The minimum atomic E-state index is -3.84. The van der Waals surface area contributed by atoms with Crippen LogP contribution in [-0.2, 0) is 30.8 Å². The second kappa shape index (κ2) is 11.1. The van der Waals surface area contributed by atoms with Crippen LogP contribution in [0.25, 0.3) is 0 Å². The molecule has 1 aliphatic heterocycles. The van der Waals surface area contributed by atoms with Gasteiger partial charge in [-0.05, 0) is 48.4 Å². The number of benzene rings is 2. The van der Waals surface area contributed by atoms with Crippen molar-refractivity contribution in [2.24, 2.45) is 0 Å². The van der Waals surface area contributed by atoms with Crippen LogP contribution in [0.1, 0.15) is 5.56 Å². The molecule has 0 bridgehead atoms. The molecule has 0 radical (unpaired) electrons. The SMILES string of the molecule is COc1ccc(CCNC(=O)C(=O)NC[C@@H]2OCCN2S(=O)(=O)c2ccc(OC)cc2)cc1.